The highest BCUT2D eigenvalue weighted by atomic mass is 79.9. The third-order valence-corrected chi connectivity index (χ3v) is 5.21. The number of rotatable bonds is 0. The van der Waals surface area contributed by atoms with Gasteiger partial charge in [-0.2, -0.15) is 0 Å². The Kier molecular flexibility index (Phi) is 4.26. The van der Waals surface area contributed by atoms with Gasteiger partial charge in [-0.25, -0.2) is 0 Å². The molecule has 3 rings (SSSR count). The molecule has 1 saturated carbocycles. The van der Waals surface area contributed by atoms with E-state index in [9.17, 15) is 5.11 Å². The van der Waals surface area contributed by atoms with Crippen LogP contribution in [0.1, 0.15) is 50.2 Å². The van der Waals surface area contributed by atoms with Crippen LogP contribution >= 0.6 is 17.0 Å². The Hall–Kier alpha value is -0.540. The number of nitrogens with two attached hydrogens (primary N) is 1. The number of fused-ring (bicyclic) bond motifs is 4. The van der Waals surface area contributed by atoms with Gasteiger partial charge in [0, 0.05) is 11.5 Å². The van der Waals surface area contributed by atoms with Gasteiger partial charge < -0.3 is 10.8 Å². The van der Waals surface area contributed by atoms with E-state index in [1.54, 1.807) is 0 Å². The minimum Gasteiger partial charge on any atom is -0.508 e. The van der Waals surface area contributed by atoms with E-state index in [1.165, 1.54) is 36.8 Å². The average Bonchev–Trinajstić information content (AvgIpc) is 2.35. The van der Waals surface area contributed by atoms with Crippen LogP contribution in [0.3, 0.4) is 0 Å². The van der Waals surface area contributed by atoms with E-state index in [0.717, 1.165) is 12.8 Å². The summed E-state index contributed by atoms with van der Waals surface area (Å²) in [6.07, 6.45) is 7.41. The number of hydrogen-bond donors (Lipinski definition) is 2. The Morgan fingerprint density at radius 3 is 2.84 bits per heavy atom. The maximum absolute atomic E-state index is 9.77. The number of benzene rings is 1. The van der Waals surface area contributed by atoms with Gasteiger partial charge in [0.2, 0.25) is 0 Å². The lowest BCUT2D eigenvalue weighted by Crippen LogP contribution is -2.52. The number of phenolic OH excluding ortho intramolecular Hbond substituents is 1. The summed E-state index contributed by atoms with van der Waals surface area (Å²) in [5, 5.41) is 9.77. The molecule has 0 spiro atoms. The quantitative estimate of drug-likeness (QED) is 0.764. The molecule has 2 bridgehead atoms. The molecule has 0 saturated heterocycles. The normalized spacial score (nSPS) is 33.6. The van der Waals surface area contributed by atoms with E-state index in [-0.39, 0.29) is 28.4 Å². The lowest BCUT2D eigenvalue weighted by molar-refractivity contribution is 0.201. The molecule has 1 fully saturated rings. The van der Waals surface area contributed by atoms with Gasteiger partial charge in [-0.05, 0) is 48.4 Å². The molecule has 0 radical (unpaired) electrons. The van der Waals surface area contributed by atoms with Crippen LogP contribution in [-0.2, 0) is 11.8 Å². The zero-order valence-corrected chi connectivity index (χ0v) is 13.3. The second-order valence-electron chi connectivity index (χ2n) is 6.35. The van der Waals surface area contributed by atoms with Crippen LogP contribution in [0.5, 0.6) is 5.75 Å². The van der Waals surface area contributed by atoms with Gasteiger partial charge in [0.1, 0.15) is 5.75 Å². The molecule has 3 N–H and O–H groups in total. The van der Waals surface area contributed by atoms with Crippen molar-refractivity contribution in [1.29, 1.82) is 0 Å². The van der Waals surface area contributed by atoms with Crippen molar-refractivity contribution in [3.63, 3.8) is 0 Å². The van der Waals surface area contributed by atoms with E-state index in [4.69, 9.17) is 5.73 Å². The molecule has 1 aromatic carbocycles. The first-order chi connectivity index (χ1) is 8.61. The third-order valence-electron chi connectivity index (χ3n) is 5.21. The first-order valence-electron chi connectivity index (χ1n) is 7.19. The molecule has 0 aliphatic heterocycles. The molecule has 3 heteroatoms. The molecular weight excluding hydrogens is 302 g/mol. The number of hydrogen-bond acceptors (Lipinski definition) is 2. The monoisotopic (exact) mass is 325 g/mol. The Bertz CT molecular complexity index is 462. The van der Waals surface area contributed by atoms with Crippen molar-refractivity contribution in [3.8, 4) is 5.75 Å². The molecule has 3 atom stereocenters. The highest BCUT2D eigenvalue weighted by Crippen LogP contribution is 2.46. The number of halogens is 1. The summed E-state index contributed by atoms with van der Waals surface area (Å²) in [5.41, 5.74) is 9.33. The highest BCUT2D eigenvalue weighted by Gasteiger charge is 2.43. The van der Waals surface area contributed by atoms with Gasteiger partial charge in [-0.1, -0.05) is 32.3 Å². The number of phenols is 1. The van der Waals surface area contributed by atoms with Crippen molar-refractivity contribution >= 4 is 17.0 Å². The van der Waals surface area contributed by atoms with Crippen LogP contribution in [0.2, 0.25) is 0 Å². The van der Waals surface area contributed by atoms with E-state index >= 15 is 0 Å². The van der Waals surface area contributed by atoms with Crippen molar-refractivity contribution in [1.82, 2.24) is 0 Å². The summed E-state index contributed by atoms with van der Waals surface area (Å²) in [4.78, 5) is 0. The van der Waals surface area contributed by atoms with E-state index < -0.39 is 0 Å². The third kappa shape index (κ3) is 2.43. The maximum atomic E-state index is 9.77. The maximum Gasteiger partial charge on any atom is 0.115 e. The minimum absolute atomic E-state index is 0. The first kappa shape index (κ1) is 14.9. The lowest BCUT2D eigenvalue weighted by Gasteiger charge is -2.47. The van der Waals surface area contributed by atoms with Crippen LogP contribution in [-0.4, -0.2) is 11.1 Å². The topological polar surface area (TPSA) is 46.2 Å². The molecule has 0 heterocycles. The summed E-state index contributed by atoms with van der Waals surface area (Å²) < 4.78 is 0. The van der Waals surface area contributed by atoms with Crippen LogP contribution in [0.4, 0.5) is 0 Å². The van der Waals surface area contributed by atoms with Gasteiger partial charge in [-0.3, -0.25) is 0 Å². The minimum atomic E-state index is 0. The summed E-state index contributed by atoms with van der Waals surface area (Å²) >= 11 is 0. The molecule has 2 aliphatic rings. The molecule has 1 aromatic rings. The first-order valence-corrected chi connectivity index (χ1v) is 7.19. The molecule has 19 heavy (non-hydrogen) atoms. The van der Waals surface area contributed by atoms with Crippen LogP contribution in [0.25, 0.3) is 0 Å². The summed E-state index contributed by atoms with van der Waals surface area (Å²) in [6.45, 7) is 2.30. The molecule has 0 amide bonds. The molecule has 0 aromatic heterocycles. The largest absolute Gasteiger partial charge is 0.508 e. The van der Waals surface area contributed by atoms with Crippen LogP contribution in [0.15, 0.2) is 18.2 Å². The standard InChI is InChI=1S/C16H23NO.BrH/c1-16-8-4-2-3-5-12(15(16)17)9-11-6-7-13(18)10-14(11)16;/h6-7,10,12,15,18H,2-5,8-9,17H2,1H3;1H/t12?,15-,16+;/m0./s1. The molecule has 2 nitrogen and oxygen atoms in total. The lowest BCUT2D eigenvalue weighted by atomic mass is 9.60. The fraction of sp³-hybridized carbons (Fsp3) is 0.625. The highest BCUT2D eigenvalue weighted by molar-refractivity contribution is 8.93. The Labute approximate surface area is 126 Å². The Morgan fingerprint density at radius 2 is 2.05 bits per heavy atom. The van der Waals surface area contributed by atoms with Crippen LogP contribution < -0.4 is 5.73 Å². The van der Waals surface area contributed by atoms with Crippen LogP contribution in [0, 0.1) is 5.92 Å². The van der Waals surface area contributed by atoms with Gasteiger partial charge in [-0.15, -0.1) is 17.0 Å². The van der Waals surface area contributed by atoms with Crippen molar-refractivity contribution in [2.45, 2.75) is 56.9 Å². The molecule has 2 aliphatic carbocycles. The van der Waals surface area contributed by atoms with E-state index in [0.29, 0.717) is 11.7 Å². The van der Waals surface area contributed by atoms with Gasteiger partial charge in [0.15, 0.2) is 0 Å². The van der Waals surface area contributed by atoms with Crippen molar-refractivity contribution in [2.24, 2.45) is 11.7 Å². The second-order valence-corrected chi connectivity index (χ2v) is 6.35. The van der Waals surface area contributed by atoms with Crippen molar-refractivity contribution in [3.05, 3.63) is 29.3 Å². The summed E-state index contributed by atoms with van der Waals surface area (Å²) in [6, 6.07) is 6.11. The van der Waals surface area contributed by atoms with Crippen molar-refractivity contribution in [2.75, 3.05) is 0 Å². The fourth-order valence-corrected chi connectivity index (χ4v) is 4.04. The molecular formula is C16H24BrNO. The SMILES string of the molecule is Br.C[C@@]12CCCCCC(Cc3ccc(O)cc31)[C@@H]2N. The van der Waals surface area contributed by atoms with Gasteiger partial charge in [0.25, 0.3) is 0 Å². The predicted octanol–water partition coefficient (Wildman–Crippen LogP) is 3.69. The molecule has 1 unspecified atom stereocenters. The summed E-state index contributed by atoms with van der Waals surface area (Å²) in [7, 11) is 0. The zero-order valence-electron chi connectivity index (χ0n) is 11.6. The van der Waals surface area contributed by atoms with Gasteiger partial charge in [0.05, 0.1) is 0 Å². The summed E-state index contributed by atoms with van der Waals surface area (Å²) in [5.74, 6) is 0.995. The predicted molar refractivity (Wildman–Crippen MR) is 84.0 cm³/mol. The molecule has 106 valence electrons. The van der Waals surface area contributed by atoms with Gasteiger partial charge >= 0.3 is 0 Å². The number of aromatic hydroxyl groups is 1. The Balaban J connectivity index is 0.00000133. The van der Waals surface area contributed by atoms with E-state index in [2.05, 4.69) is 13.0 Å². The fourth-order valence-electron chi connectivity index (χ4n) is 4.04. The van der Waals surface area contributed by atoms with E-state index in [1.807, 2.05) is 12.1 Å². The zero-order chi connectivity index (χ0) is 12.8. The smallest absolute Gasteiger partial charge is 0.115 e. The Morgan fingerprint density at radius 1 is 1.26 bits per heavy atom. The average molecular weight is 326 g/mol. The van der Waals surface area contributed by atoms with Crippen molar-refractivity contribution < 1.29 is 5.11 Å². The second kappa shape index (κ2) is 5.45.